The van der Waals surface area contributed by atoms with Crippen LogP contribution in [0.5, 0.6) is 0 Å². The fourth-order valence-electron chi connectivity index (χ4n) is 5.31. The SMILES string of the molecule is Cc1noc(C23CC4CC(CC(C(N)=O)(C4)C2)C3)n1. The molecule has 4 bridgehead atoms. The average Bonchev–Trinajstić information content (AvgIpc) is 2.74. The molecule has 2 N–H and O–H groups in total. The average molecular weight is 261 g/mol. The topological polar surface area (TPSA) is 82.0 Å². The first-order valence-electron chi connectivity index (χ1n) is 7.12. The van der Waals surface area contributed by atoms with E-state index in [-0.39, 0.29) is 16.7 Å². The number of nitrogens with two attached hydrogens (primary N) is 1. The molecule has 1 amide bonds. The van der Waals surface area contributed by atoms with Crippen LogP contribution in [0.4, 0.5) is 0 Å². The number of hydrogen-bond acceptors (Lipinski definition) is 4. The Morgan fingerprint density at radius 2 is 2.00 bits per heavy atom. The van der Waals surface area contributed by atoms with Crippen molar-refractivity contribution in [2.24, 2.45) is 23.0 Å². The summed E-state index contributed by atoms with van der Waals surface area (Å²) in [7, 11) is 0. The Balaban J connectivity index is 1.80. The van der Waals surface area contributed by atoms with Crippen molar-refractivity contribution in [1.29, 1.82) is 0 Å². The third-order valence-corrected chi connectivity index (χ3v) is 5.57. The second kappa shape index (κ2) is 3.38. The molecule has 4 fully saturated rings. The lowest BCUT2D eigenvalue weighted by molar-refractivity contribution is -0.147. The van der Waals surface area contributed by atoms with E-state index >= 15 is 0 Å². The lowest BCUT2D eigenvalue weighted by atomic mass is 9.44. The maximum atomic E-state index is 12.0. The second-order valence-corrected chi connectivity index (χ2v) is 7.03. The highest BCUT2D eigenvalue weighted by atomic mass is 16.5. The third kappa shape index (κ3) is 1.44. The Hall–Kier alpha value is -1.39. The van der Waals surface area contributed by atoms with Crippen LogP contribution in [0.15, 0.2) is 4.52 Å². The largest absolute Gasteiger partial charge is 0.369 e. The van der Waals surface area contributed by atoms with E-state index in [9.17, 15) is 4.79 Å². The van der Waals surface area contributed by atoms with E-state index in [4.69, 9.17) is 10.3 Å². The Morgan fingerprint density at radius 3 is 2.53 bits per heavy atom. The predicted octanol–water partition coefficient (Wildman–Crippen LogP) is 1.70. The molecule has 4 saturated carbocycles. The fraction of sp³-hybridized carbons (Fsp3) is 0.786. The summed E-state index contributed by atoms with van der Waals surface area (Å²) in [6.07, 6.45) is 6.15. The summed E-state index contributed by atoms with van der Waals surface area (Å²) in [6.45, 7) is 1.84. The number of carbonyl (C=O) groups excluding carboxylic acids is 1. The van der Waals surface area contributed by atoms with Crippen molar-refractivity contribution in [3.63, 3.8) is 0 Å². The maximum absolute atomic E-state index is 12.0. The molecule has 0 radical (unpaired) electrons. The highest BCUT2D eigenvalue weighted by molar-refractivity contribution is 5.81. The molecule has 0 aliphatic heterocycles. The Bertz CT molecular complexity index is 537. The van der Waals surface area contributed by atoms with Gasteiger partial charge in [0.15, 0.2) is 5.82 Å². The number of rotatable bonds is 2. The smallest absolute Gasteiger partial charge is 0.232 e. The van der Waals surface area contributed by atoms with Crippen molar-refractivity contribution in [3.8, 4) is 0 Å². The highest BCUT2D eigenvalue weighted by Gasteiger charge is 2.62. The molecule has 1 aromatic heterocycles. The molecular formula is C14H19N3O2. The van der Waals surface area contributed by atoms with Gasteiger partial charge in [0.25, 0.3) is 0 Å². The molecule has 19 heavy (non-hydrogen) atoms. The zero-order valence-electron chi connectivity index (χ0n) is 11.2. The highest BCUT2D eigenvalue weighted by Crippen LogP contribution is 2.65. The number of primary amides is 1. The normalized spacial score (nSPS) is 43.6. The van der Waals surface area contributed by atoms with E-state index < -0.39 is 0 Å². The van der Waals surface area contributed by atoms with Gasteiger partial charge in [-0.05, 0) is 57.3 Å². The summed E-state index contributed by atoms with van der Waals surface area (Å²) in [5.41, 5.74) is 5.33. The molecule has 1 aromatic rings. The van der Waals surface area contributed by atoms with Crippen LogP contribution in [0.1, 0.15) is 50.2 Å². The first-order chi connectivity index (χ1) is 9.01. The quantitative estimate of drug-likeness (QED) is 0.878. The first-order valence-corrected chi connectivity index (χ1v) is 7.12. The van der Waals surface area contributed by atoms with Crippen LogP contribution in [-0.2, 0) is 10.2 Å². The molecule has 0 spiro atoms. The summed E-state index contributed by atoms with van der Waals surface area (Å²) in [6, 6.07) is 0. The Morgan fingerprint density at radius 1 is 1.32 bits per heavy atom. The molecule has 4 aliphatic rings. The van der Waals surface area contributed by atoms with Crippen LogP contribution >= 0.6 is 0 Å². The zero-order valence-corrected chi connectivity index (χ0v) is 11.2. The number of amides is 1. The third-order valence-electron chi connectivity index (χ3n) is 5.57. The van der Waals surface area contributed by atoms with Gasteiger partial charge in [0.1, 0.15) is 0 Å². The maximum Gasteiger partial charge on any atom is 0.232 e. The molecule has 2 unspecified atom stereocenters. The lowest BCUT2D eigenvalue weighted by Crippen LogP contribution is -2.58. The minimum absolute atomic E-state index is 0.0830. The predicted molar refractivity (Wildman–Crippen MR) is 67.0 cm³/mol. The van der Waals surface area contributed by atoms with Gasteiger partial charge in [-0.2, -0.15) is 4.98 Å². The molecule has 102 valence electrons. The van der Waals surface area contributed by atoms with Crippen molar-refractivity contribution in [3.05, 3.63) is 11.7 Å². The van der Waals surface area contributed by atoms with E-state index in [1.165, 1.54) is 6.42 Å². The monoisotopic (exact) mass is 261 g/mol. The minimum Gasteiger partial charge on any atom is -0.369 e. The Labute approximate surface area is 111 Å². The summed E-state index contributed by atoms with van der Waals surface area (Å²) < 4.78 is 5.46. The van der Waals surface area contributed by atoms with Gasteiger partial charge in [-0.15, -0.1) is 0 Å². The molecule has 5 rings (SSSR count). The first kappa shape index (κ1) is 11.4. The van der Waals surface area contributed by atoms with Gasteiger partial charge in [0.05, 0.1) is 10.8 Å². The van der Waals surface area contributed by atoms with E-state index in [2.05, 4.69) is 10.1 Å². The molecule has 5 heteroatoms. The van der Waals surface area contributed by atoms with E-state index in [1.807, 2.05) is 6.92 Å². The fourth-order valence-corrected chi connectivity index (χ4v) is 5.31. The van der Waals surface area contributed by atoms with Gasteiger partial charge in [-0.25, -0.2) is 0 Å². The van der Waals surface area contributed by atoms with Gasteiger partial charge in [0, 0.05) is 0 Å². The standard InChI is InChI=1S/C14H19N3O2/c1-8-16-12(19-17-8)14-5-9-2-10(6-14)4-13(3-9,7-14)11(15)18/h9-10H,2-7H2,1H3,(H2,15,18). The van der Waals surface area contributed by atoms with Crippen LogP contribution in [0.3, 0.4) is 0 Å². The van der Waals surface area contributed by atoms with Crippen LogP contribution < -0.4 is 5.73 Å². The van der Waals surface area contributed by atoms with E-state index in [0.717, 1.165) is 38.0 Å². The molecule has 0 aromatic carbocycles. The van der Waals surface area contributed by atoms with Gasteiger partial charge >= 0.3 is 0 Å². The summed E-state index contributed by atoms with van der Waals surface area (Å²) in [5.74, 6) is 2.49. The van der Waals surface area contributed by atoms with E-state index in [1.54, 1.807) is 0 Å². The molecule has 2 atom stereocenters. The number of aromatic nitrogens is 2. The summed E-state index contributed by atoms with van der Waals surface area (Å²) in [4.78, 5) is 16.4. The van der Waals surface area contributed by atoms with Crippen LogP contribution in [-0.4, -0.2) is 16.0 Å². The van der Waals surface area contributed by atoms with Gasteiger partial charge < -0.3 is 10.3 Å². The lowest BCUT2D eigenvalue weighted by Gasteiger charge is -2.59. The van der Waals surface area contributed by atoms with E-state index in [0.29, 0.717) is 17.7 Å². The molecule has 5 nitrogen and oxygen atoms in total. The summed E-state index contributed by atoms with van der Waals surface area (Å²) >= 11 is 0. The van der Waals surface area contributed by atoms with Crippen molar-refractivity contribution >= 4 is 5.91 Å². The molecular weight excluding hydrogens is 242 g/mol. The Kier molecular flexibility index (Phi) is 2.03. The number of carbonyl (C=O) groups is 1. The van der Waals surface area contributed by atoms with Crippen molar-refractivity contribution in [2.45, 2.75) is 50.9 Å². The van der Waals surface area contributed by atoms with Crippen molar-refractivity contribution in [2.75, 3.05) is 0 Å². The minimum atomic E-state index is -0.313. The zero-order chi connectivity index (χ0) is 13.3. The molecule has 4 aliphatic carbocycles. The second-order valence-electron chi connectivity index (χ2n) is 7.03. The van der Waals surface area contributed by atoms with Crippen molar-refractivity contribution in [1.82, 2.24) is 10.1 Å². The number of nitrogens with zero attached hydrogens (tertiary/aromatic N) is 2. The molecule has 1 heterocycles. The van der Waals surface area contributed by atoms with Gasteiger partial charge in [0.2, 0.25) is 11.8 Å². The van der Waals surface area contributed by atoms with Crippen LogP contribution in [0.25, 0.3) is 0 Å². The van der Waals surface area contributed by atoms with Crippen LogP contribution in [0.2, 0.25) is 0 Å². The summed E-state index contributed by atoms with van der Waals surface area (Å²) in [5, 5.41) is 3.94. The van der Waals surface area contributed by atoms with Crippen molar-refractivity contribution < 1.29 is 9.32 Å². The van der Waals surface area contributed by atoms with Crippen LogP contribution in [0, 0.1) is 24.2 Å². The number of aryl methyl sites for hydroxylation is 1. The van der Waals surface area contributed by atoms with Gasteiger partial charge in [-0.1, -0.05) is 5.16 Å². The van der Waals surface area contributed by atoms with Gasteiger partial charge in [-0.3, -0.25) is 4.79 Å². The number of hydrogen-bond donors (Lipinski definition) is 1. The molecule has 0 saturated heterocycles.